The van der Waals surface area contributed by atoms with Crippen LogP contribution in [0.5, 0.6) is 51.7 Å². The van der Waals surface area contributed by atoms with Crippen molar-refractivity contribution in [1.29, 1.82) is 0 Å². The molecular formula is C90H92FN3O9S3. The first-order valence-corrected chi connectivity index (χ1v) is 39.4. The molecule has 0 spiro atoms. The fourth-order valence-electron chi connectivity index (χ4n) is 14.9. The van der Waals surface area contributed by atoms with Crippen molar-refractivity contribution in [2.75, 3.05) is 58.9 Å². The number of carbonyl (C=O) groups excluding carboxylic acids is 3. The van der Waals surface area contributed by atoms with Gasteiger partial charge in [-0.3, -0.25) is 14.4 Å². The number of halogens is 1. The van der Waals surface area contributed by atoms with Crippen molar-refractivity contribution < 1.29 is 48.3 Å². The summed E-state index contributed by atoms with van der Waals surface area (Å²) in [6.45, 7) is 26.7. The molecular weight excluding hydrogens is 1380 g/mol. The minimum Gasteiger partial charge on any atom is -0.508 e. The molecule has 0 saturated carbocycles. The monoisotopic (exact) mass is 1470 g/mol. The largest absolute Gasteiger partial charge is 0.508 e. The van der Waals surface area contributed by atoms with Crippen molar-refractivity contribution in [3.8, 4) is 51.7 Å². The van der Waals surface area contributed by atoms with Crippen LogP contribution >= 0.6 is 34.0 Å². The summed E-state index contributed by atoms with van der Waals surface area (Å²) in [5.41, 5.74) is 9.76. The average molecular weight is 1470 g/mol. The van der Waals surface area contributed by atoms with Crippen LogP contribution in [0.2, 0.25) is 0 Å². The van der Waals surface area contributed by atoms with Crippen LogP contribution in [0.15, 0.2) is 182 Å². The zero-order valence-electron chi connectivity index (χ0n) is 61.6. The molecule has 106 heavy (non-hydrogen) atoms. The third-order valence-electron chi connectivity index (χ3n) is 20.7. The highest BCUT2D eigenvalue weighted by molar-refractivity contribution is 7.22. The molecule has 0 amide bonds. The molecule has 3 saturated heterocycles. The molecule has 3 N–H and O–H groups in total. The summed E-state index contributed by atoms with van der Waals surface area (Å²) in [6, 6.07) is 56.1. The third kappa shape index (κ3) is 17.6. The lowest BCUT2D eigenvalue weighted by Gasteiger charge is -2.15. The number of carbonyl (C=O) groups is 3. The second-order valence-electron chi connectivity index (χ2n) is 29.1. The molecule has 3 fully saturated rings. The predicted molar refractivity (Wildman–Crippen MR) is 430 cm³/mol. The van der Waals surface area contributed by atoms with E-state index in [0.717, 1.165) is 110 Å². The van der Waals surface area contributed by atoms with Crippen molar-refractivity contribution in [3.05, 3.63) is 264 Å². The molecule has 0 bridgehead atoms. The number of benzene rings is 9. The Kier molecular flexibility index (Phi) is 23.6. The van der Waals surface area contributed by atoms with Gasteiger partial charge in [0.2, 0.25) is 17.3 Å². The summed E-state index contributed by atoms with van der Waals surface area (Å²) in [5.74, 6) is 5.80. The Balaban J connectivity index is 0.000000141. The lowest BCUT2D eigenvalue weighted by molar-refractivity contribution is 0.103. The molecule has 12 aromatic rings. The first-order valence-electron chi connectivity index (χ1n) is 37.0. The SMILES string of the molecule is CCc1ccccc1C(=O)c1sc2cc(O)ccc2c1Oc1ccc(CCN2CCC(C)C2)cc1.Cc1cc(F)cc(C)c1C(=O)c1sc2cc(O)ccc2c1Oc1ccc(CCN2CCC(C)C2)cc1.Cc1cccc(C)c1C(=O)c1sc2cc(O)ccc2c1Oc1ccc(CCN2CCC(C)C2)cc1. The van der Waals surface area contributed by atoms with Gasteiger partial charge in [0.25, 0.3) is 0 Å². The standard InChI is InChI=1S/C30H30FNO3S.2C30H31NO3S/c1-18-10-12-32(17-18)13-11-21-4-7-24(8-5-21)35-29-25-9-6-23(33)16-26(25)36-30(29)28(34)27-19(2)14-22(31)15-20(27)3;1-19-13-15-31(18-19)16-14-22-7-10-24(11-8-22)34-29-25-12-9-23(32)17-26(25)35-30(29)28(33)27-20(2)5-4-6-21(27)3;1-3-22-6-4-5-7-25(22)28(33)30-29(26-13-10-23(32)18-27(26)35-30)34-24-11-8-21(9-12-24)15-17-31-16-14-20(2)19-31/h4-9,14-16,18,33H,10-13,17H2,1-3H3;4-12,17,19,32H,13-16,18H2,1-3H3;4-13,18,20,32H,3,14-17,19H2,1-2H3. The number of ether oxygens (including phenoxy) is 3. The molecule has 3 aromatic heterocycles. The van der Waals surface area contributed by atoms with Crippen LogP contribution in [0.4, 0.5) is 4.39 Å². The number of phenols is 3. The van der Waals surface area contributed by atoms with Gasteiger partial charge in [0.15, 0.2) is 17.2 Å². The number of rotatable bonds is 22. The van der Waals surface area contributed by atoms with Gasteiger partial charge in [0, 0.05) is 86.2 Å². The van der Waals surface area contributed by atoms with Crippen molar-refractivity contribution in [2.24, 2.45) is 17.8 Å². The summed E-state index contributed by atoms with van der Waals surface area (Å²) in [5, 5.41) is 32.4. The Bertz CT molecular complexity index is 5110. The van der Waals surface area contributed by atoms with Crippen LogP contribution in [0.25, 0.3) is 30.3 Å². The van der Waals surface area contributed by atoms with Gasteiger partial charge >= 0.3 is 0 Å². The van der Waals surface area contributed by atoms with Crippen LogP contribution in [0.1, 0.15) is 137 Å². The maximum Gasteiger partial charge on any atom is 0.207 e. The summed E-state index contributed by atoms with van der Waals surface area (Å²) in [7, 11) is 0. The van der Waals surface area contributed by atoms with E-state index in [9.17, 15) is 34.1 Å². The van der Waals surface area contributed by atoms with E-state index in [4.69, 9.17) is 14.2 Å². The molecule has 0 radical (unpaired) electrons. The molecule has 16 heteroatoms. The van der Waals surface area contributed by atoms with Gasteiger partial charge in [-0.2, -0.15) is 0 Å². The number of nitrogens with zero attached hydrogens (tertiary/aromatic N) is 3. The van der Waals surface area contributed by atoms with Crippen molar-refractivity contribution in [1.82, 2.24) is 14.7 Å². The maximum absolute atomic E-state index is 13.9. The Morgan fingerprint density at radius 1 is 0.425 bits per heavy atom. The number of aryl methyl sites for hydroxylation is 5. The second kappa shape index (κ2) is 33.5. The van der Waals surface area contributed by atoms with Crippen LogP contribution in [0.3, 0.4) is 0 Å². The number of aromatic hydroxyl groups is 3. The Morgan fingerprint density at radius 2 is 0.764 bits per heavy atom. The Labute approximate surface area is 632 Å². The number of fused-ring (bicyclic) bond motifs is 3. The molecule has 0 aliphatic carbocycles. The zero-order valence-corrected chi connectivity index (χ0v) is 64.1. The number of hydrogen-bond acceptors (Lipinski definition) is 15. The molecule has 9 aromatic carbocycles. The average Bonchev–Trinajstić information content (AvgIpc) is 1.64. The molecule has 3 aliphatic rings. The van der Waals surface area contributed by atoms with Gasteiger partial charge < -0.3 is 44.2 Å². The third-order valence-corrected chi connectivity index (χ3v) is 24.1. The van der Waals surface area contributed by atoms with Crippen LogP contribution in [-0.4, -0.2) is 106 Å². The van der Waals surface area contributed by atoms with E-state index in [2.05, 4.69) is 78.8 Å². The van der Waals surface area contributed by atoms with E-state index in [0.29, 0.717) is 76.9 Å². The lowest BCUT2D eigenvalue weighted by atomic mass is 9.97. The fraction of sp³-hybridized carbons (Fsp3) is 0.300. The molecule has 546 valence electrons. The number of likely N-dealkylation sites (tertiary alicyclic amines) is 3. The topological polar surface area (TPSA) is 149 Å². The van der Waals surface area contributed by atoms with E-state index in [1.165, 1.54) is 121 Å². The molecule has 12 nitrogen and oxygen atoms in total. The van der Waals surface area contributed by atoms with Gasteiger partial charge in [-0.25, -0.2) is 4.39 Å². The highest BCUT2D eigenvalue weighted by atomic mass is 32.1. The predicted octanol–water partition coefficient (Wildman–Crippen LogP) is 21.5. The lowest BCUT2D eigenvalue weighted by Crippen LogP contribution is -2.22. The van der Waals surface area contributed by atoms with E-state index in [1.54, 1.807) is 56.3 Å². The summed E-state index contributed by atoms with van der Waals surface area (Å²) in [4.78, 5) is 50.2. The van der Waals surface area contributed by atoms with Crippen LogP contribution in [-0.2, 0) is 25.7 Å². The van der Waals surface area contributed by atoms with Crippen molar-refractivity contribution >= 4 is 81.6 Å². The first-order chi connectivity index (χ1) is 51.2. The molecule has 3 atom stereocenters. The van der Waals surface area contributed by atoms with E-state index in [-0.39, 0.29) is 40.4 Å². The Hall–Kier alpha value is -9.52. The number of thiophene rings is 3. The normalized spacial score (nSPS) is 16.1. The zero-order chi connectivity index (χ0) is 74.3. The molecule has 6 heterocycles. The van der Waals surface area contributed by atoms with Gasteiger partial charge in [0.1, 0.15) is 54.9 Å². The molecule has 15 rings (SSSR count). The Morgan fingerprint density at radius 3 is 1.10 bits per heavy atom. The minimum atomic E-state index is -0.362. The second-order valence-corrected chi connectivity index (χ2v) is 32.2. The van der Waals surface area contributed by atoms with E-state index < -0.39 is 0 Å². The van der Waals surface area contributed by atoms with Crippen molar-refractivity contribution in [2.45, 2.75) is 100 Å². The minimum absolute atomic E-state index is 0.0467. The van der Waals surface area contributed by atoms with Crippen LogP contribution in [0, 0.1) is 51.3 Å². The van der Waals surface area contributed by atoms with E-state index in [1.807, 2.05) is 105 Å². The summed E-state index contributed by atoms with van der Waals surface area (Å²) in [6.07, 6.45) is 7.67. The summed E-state index contributed by atoms with van der Waals surface area (Å²) >= 11 is 4.00. The van der Waals surface area contributed by atoms with Crippen molar-refractivity contribution in [3.63, 3.8) is 0 Å². The molecule has 3 unspecified atom stereocenters. The maximum atomic E-state index is 13.9. The number of hydrogen-bond donors (Lipinski definition) is 3. The number of phenolic OH excluding ortho intramolecular Hbond substituents is 3. The highest BCUT2D eigenvalue weighted by Crippen LogP contribution is 2.47. The molecule has 3 aliphatic heterocycles. The van der Waals surface area contributed by atoms with E-state index >= 15 is 0 Å². The summed E-state index contributed by atoms with van der Waals surface area (Å²) < 4.78 is 35.3. The van der Waals surface area contributed by atoms with Gasteiger partial charge in [-0.05, 0) is 258 Å². The smallest absolute Gasteiger partial charge is 0.207 e. The van der Waals surface area contributed by atoms with Crippen LogP contribution < -0.4 is 14.2 Å². The number of ketones is 3. The van der Waals surface area contributed by atoms with Gasteiger partial charge in [0.05, 0.1) is 0 Å². The highest BCUT2D eigenvalue weighted by Gasteiger charge is 2.29. The first kappa shape index (κ1) is 74.7. The van der Waals surface area contributed by atoms with Gasteiger partial charge in [-0.1, -0.05) is 107 Å². The van der Waals surface area contributed by atoms with Gasteiger partial charge in [-0.15, -0.1) is 34.0 Å². The fourth-order valence-corrected chi connectivity index (χ4v) is 18.2. The quantitative estimate of drug-likeness (QED) is 0.0555.